The van der Waals surface area contributed by atoms with Crippen molar-refractivity contribution in [1.29, 1.82) is 0 Å². The third-order valence-electron chi connectivity index (χ3n) is 12.4. The molecule has 1 saturated carbocycles. The van der Waals surface area contributed by atoms with Crippen LogP contribution in [-0.4, -0.2) is 138 Å². The van der Waals surface area contributed by atoms with E-state index >= 15 is 0 Å². The third-order valence-corrected chi connectivity index (χ3v) is 12.4. The number of nitrogens with one attached hydrogen (secondary N) is 6. The summed E-state index contributed by atoms with van der Waals surface area (Å²) in [5.74, 6) is -18.4. The van der Waals surface area contributed by atoms with Crippen LogP contribution in [0.25, 0.3) is 0 Å². The van der Waals surface area contributed by atoms with Gasteiger partial charge < -0.3 is 62.5 Å². The van der Waals surface area contributed by atoms with Crippen LogP contribution in [-0.2, 0) is 76.8 Å². The van der Waals surface area contributed by atoms with Gasteiger partial charge in [-0.3, -0.25) is 43.2 Å². The summed E-state index contributed by atoms with van der Waals surface area (Å²) in [6.07, 6.45) is -5.09. The maximum absolute atomic E-state index is 14.5. The van der Waals surface area contributed by atoms with Crippen LogP contribution in [0.3, 0.4) is 0 Å². The summed E-state index contributed by atoms with van der Waals surface area (Å²) in [6.45, 7) is 0. The normalized spacial score (nSPS) is 17.4. The molecule has 0 aliphatic heterocycles. The fourth-order valence-electron chi connectivity index (χ4n) is 8.40. The lowest BCUT2D eigenvalue weighted by Crippen LogP contribution is -2.56. The molecule has 12 N–H and O–H groups in total. The Balaban J connectivity index is 1.73. The zero-order valence-corrected chi connectivity index (χ0v) is 40.4. The number of hydrogen-bond donors (Lipinski definition) is 12. The molecule has 0 heterocycles. The van der Waals surface area contributed by atoms with E-state index in [0.717, 1.165) is 0 Å². The number of rotatable bonds is 30. The van der Waals surface area contributed by atoms with Crippen molar-refractivity contribution in [2.75, 3.05) is 0 Å². The van der Waals surface area contributed by atoms with E-state index in [0.29, 0.717) is 16.7 Å². The van der Waals surface area contributed by atoms with E-state index in [4.69, 9.17) is 0 Å². The monoisotopic (exact) mass is 1040 g/mol. The molecule has 0 aromatic heterocycles. The first kappa shape index (κ1) is 58.9. The van der Waals surface area contributed by atoms with Crippen LogP contribution in [0.1, 0.15) is 74.5 Å². The van der Waals surface area contributed by atoms with E-state index in [1.807, 2.05) is 0 Å². The van der Waals surface area contributed by atoms with Gasteiger partial charge in [0, 0.05) is 56.3 Å². The number of aliphatic carboxylic acids is 6. The van der Waals surface area contributed by atoms with Crippen LogP contribution in [0.15, 0.2) is 91.0 Å². The zero-order valence-electron chi connectivity index (χ0n) is 40.4. The van der Waals surface area contributed by atoms with Gasteiger partial charge in [-0.2, -0.15) is 0 Å². The molecule has 6 atom stereocenters. The van der Waals surface area contributed by atoms with E-state index in [-0.39, 0.29) is 38.5 Å². The Morgan fingerprint density at radius 1 is 0.347 bits per heavy atom. The average Bonchev–Trinajstić information content (AvgIpc) is 3.37. The van der Waals surface area contributed by atoms with Crippen molar-refractivity contribution in [2.24, 2.45) is 17.8 Å². The van der Waals surface area contributed by atoms with Crippen LogP contribution < -0.4 is 31.9 Å². The van der Waals surface area contributed by atoms with E-state index in [9.17, 15) is 88.2 Å². The Morgan fingerprint density at radius 3 is 0.773 bits per heavy atom. The quantitative estimate of drug-likeness (QED) is 0.0433. The van der Waals surface area contributed by atoms with Gasteiger partial charge in [-0.15, -0.1) is 0 Å². The van der Waals surface area contributed by atoms with Crippen molar-refractivity contribution < 1.29 is 88.2 Å². The van der Waals surface area contributed by atoms with E-state index in [1.54, 1.807) is 91.0 Å². The largest absolute Gasteiger partial charge is 0.481 e. The lowest BCUT2D eigenvalue weighted by atomic mass is 9.73. The number of amides is 6. The highest BCUT2D eigenvalue weighted by atomic mass is 16.4. The standard InChI is InChI=1S/C51H60N6O18/c58-40(59)19-16-34(49(70)71)52-46(67)37(22-28-10-4-1-5-11-28)55-43(64)31-25-32(44(65)56-38(23-29-12-6-2-7-13-29)47(68)53-35(50(72)73)17-20-41(60)61)27-33(26-31)45(66)57-39(24-30-14-8-3-9-15-30)48(69)54-36(51(74)75)18-21-42(62)63/h1-15,31-39H,16-27H2,(H,52,67)(H,53,68)(H,54,69)(H,55,64)(H,56,65)(H,57,66)(H,58,59)(H,60,61)(H,62,63)(H,70,71)(H,72,73)(H,74,75)/t31?,32?,33?,34-,35-,36-,37-,38-,39-/m0/s1. The van der Waals surface area contributed by atoms with Crippen LogP contribution in [0, 0.1) is 17.8 Å². The topological polar surface area (TPSA) is 398 Å². The number of hydrogen-bond acceptors (Lipinski definition) is 12. The molecule has 1 aliphatic rings. The number of carboxylic acids is 6. The fourth-order valence-corrected chi connectivity index (χ4v) is 8.40. The second kappa shape index (κ2) is 29.1. The highest BCUT2D eigenvalue weighted by molar-refractivity contribution is 5.95. The van der Waals surface area contributed by atoms with Crippen molar-refractivity contribution >= 4 is 71.3 Å². The second-order valence-corrected chi connectivity index (χ2v) is 18.0. The molecule has 24 heteroatoms. The lowest BCUT2D eigenvalue weighted by molar-refractivity contribution is -0.144. The van der Waals surface area contributed by atoms with Gasteiger partial charge in [0.15, 0.2) is 0 Å². The first-order chi connectivity index (χ1) is 35.6. The molecule has 0 spiro atoms. The van der Waals surface area contributed by atoms with Crippen molar-refractivity contribution in [1.82, 2.24) is 31.9 Å². The van der Waals surface area contributed by atoms with Crippen LogP contribution in [0.5, 0.6) is 0 Å². The van der Waals surface area contributed by atoms with Crippen molar-refractivity contribution in [3.05, 3.63) is 108 Å². The molecule has 0 saturated heterocycles. The van der Waals surface area contributed by atoms with Gasteiger partial charge in [-0.05, 0) is 55.2 Å². The van der Waals surface area contributed by atoms with Crippen molar-refractivity contribution in [3.63, 3.8) is 0 Å². The van der Waals surface area contributed by atoms with Gasteiger partial charge in [0.25, 0.3) is 0 Å². The van der Waals surface area contributed by atoms with Gasteiger partial charge in [-0.1, -0.05) is 91.0 Å². The minimum Gasteiger partial charge on any atom is -0.481 e. The van der Waals surface area contributed by atoms with E-state index < -0.39 is 164 Å². The Kier molecular flexibility index (Phi) is 22.9. The summed E-state index contributed by atoms with van der Waals surface area (Å²) in [5, 5.41) is 71.7. The Hall–Kier alpha value is -8.70. The summed E-state index contributed by atoms with van der Waals surface area (Å²) in [5.41, 5.74) is 1.50. The van der Waals surface area contributed by atoms with Crippen LogP contribution >= 0.6 is 0 Å². The molecule has 4 rings (SSSR count). The van der Waals surface area contributed by atoms with Crippen LogP contribution in [0.2, 0.25) is 0 Å². The molecular formula is C51H60N6O18. The summed E-state index contributed by atoms with van der Waals surface area (Å²) in [7, 11) is 0. The molecule has 402 valence electrons. The summed E-state index contributed by atoms with van der Waals surface area (Å²) < 4.78 is 0. The van der Waals surface area contributed by atoms with E-state index in [1.165, 1.54) is 0 Å². The molecule has 3 aromatic carbocycles. The minimum atomic E-state index is -1.69. The number of benzene rings is 3. The zero-order chi connectivity index (χ0) is 55.2. The maximum Gasteiger partial charge on any atom is 0.326 e. The molecule has 0 unspecified atom stereocenters. The van der Waals surface area contributed by atoms with Crippen molar-refractivity contribution in [2.45, 2.75) is 113 Å². The Morgan fingerprint density at radius 2 is 0.573 bits per heavy atom. The molecule has 1 aliphatic carbocycles. The summed E-state index contributed by atoms with van der Waals surface area (Å²) in [6, 6.07) is 15.0. The smallest absolute Gasteiger partial charge is 0.326 e. The van der Waals surface area contributed by atoms with Gasteiger partial charge in [0.2, 0.25) is 35.4 Å². The van der Waals surface area contributed by atoms with Crippen LogP contribution in [0.4, 0.5) is 0 Å². The van der Waals surface area contributed by atoms with Gasteiger partial charge in [0.1, 0.15) is 36.3 Å². The predicted octanol–water partition coefficient (Wildman–Crippen LogP) is 0.504. The fraction of sp³-hybridized carbons (Fsp3) is 0.412. The molecule has 3 aromatic rings. The molecule has 75 heavy (non-hydrogen) atoms. The molecular weight excluding hydrogens is 985 g/mol. The minimum absolute atomic E-state index is 0.218. The maximum atomic E-state index is 14.5. The Bertz CT molecular complexity index is 2250. The summed E-state index contributed by atoms with van der Waals surface area (Å²) >= 11 is 0. The lowest BCUT2D eigenvalue weighted by Gasteiger charge is -2.35. The molecule has 0 bridgehead atoms. The first-order valence-corrected chi connectivity index (χ1v) is 23.9. The number of carbonyl (C=O) groups excluding carboxylic acids is 6. The molecule has 6 amide bonds. The van der Waals surface area contributed by atoms with E-state index in [2.05, 4.69) is 31.9 Å². The second-order valence-electron chi connectivity index (χ2n) is 18.0. The number of carbonyl (C=O) groups is 12. The molecule has 24 nitrogen and oxygen atoms in total. The molecule has 1 fully saturated rings. The van der Waals surface area contributed by atoms with Gasteiger partial charge >= 0.3 is 35.8 Å². The van der Waals surface area contributed by atoms with Crippen molar-refractivity contribution in [3.8, 4) is 0 Å². The average molecular weight is 1050 g/mol. The highest BCUT2D eigenvalue weighted by Crippen LogP contribution is 2.35. The highest BCUT2D eigenvalue weighted by Gasteiger charge is 2.42. The third kappa shape index (κ3) is 20.0. The summed E-state index contributed by atoms with van der Waals surface area (Å²) in [4.78, 5) is 155. The number of carboxylic acid groups (broad SMARTS) is 6. The van der Waals surface area contributed by atoms with Gasteiger partial charge in [0.05, 0.1) is 0 Å². The Labute approximate surface area is 429 Å². The first-order valence-electron chi connectivity index (χ1n) is 23.9. The molecule has 0 radical (unpaired) electrons. The predicted molar refractivity (Wildman–Crippen MR) is 260 cm³/mol. The SMILES string of the molecule is O=C(O)CC[C@H](NC(=O)[C@H](Cc1ccccc1)NC(=O)C1CC(C(=O)N[C@@H](Cc2ccccc2)C(=O)N[C@@H](CCC(=O)O)C(=O)O)CC(C(=O)N[C@@H](Cc2ccccc2)C(=O)N[C@@H](CCC(=O)O)C(=O)O)C1)C(=O)O. The van der Waals surface area contributed by atoms with Gasteiger partial charge in [-0.25, -0.2) is 14.4 Å².